The second-order valence-electron chi connectivity index (χ2n) is 5.51. The highest BCUT2D eigenvalue weighted by molar-refractivity contribution is 5.80. The summed E-state index contributed by atoms with van der Waals surface area (Å²) in [4.78, 5) is 17.4. The summed E-state index contributed by atoms with van der Waals surface area (Å²) in [6, 6.07) is 8.08. The molecule has 0 spiro atoms. The summed E-state index contributed by atoms with van der Waals surface area (Å²) in [7, 11) is 0. The van der Waals surface area contributed by atoms with Crippen molar-refractivity contribution < 1.29 is 4.74 Å². The van der Waals surface area contributed by atoms with Crippen LogP contribution in [0.3, 0.4) is 0 Å². The van der Waals surface area contributed by atoms with Crippen LogP contribution in [0.2, 0.25) is 0 Å². The normalized spacial score (nSPS) is 17.7. The van der Waals surface area contributed by atoms with E-state index in [4.69, 9.17) is 10.5 Å². The zero-order valence-electron chi connectivity index (χ0n) is 12.7. The Morgan fingerprint density at radius 2 is 2.09 bits per heavy atom. The lowest BCUT2D eigenvalue weighted by Gasteiger charge is -2.13. The minimum absolute atomic E-state index is 0.195. The number of hydrogen-bond acceptors (Lipinski definition) is 7. The van der Waals surface area contributed by atoms with Gasteiger partial charge in [0.1, 0.15) is 5.82 Å². The van der Waals surface area contributed by atoms with Gasteiger partial charge < -0.3 is 15.8 Å². The van der Waals surface area contributed by atoms with Crippen molar-refractivity contribution in [2.45, 2.75) is 19.4 Å². The van der Waals surface area contributed by atoms with Crippen molar-refractivity contribution in [1.82, 2.24) is 24.5 Å². The van der Waals surface area contributed by atoms with Crippen LogP contribution in [0.5, 0.6) is 0 Å². The maximum absolute atomic E-state index is 5.79. The van der Waals surface area contributed by atoms with E-state index in [0.717, 1.165) is 24.1 Å². The number of hydrogen-bond donors (Lipinski definition) is 2. The van der Waals surface area contributed by atoms with Crippen molar-refractivity contribution >= 4 is 22.9 Å². The first-order chi connectivity index (χ1) is 11.2. The Kier molecular flexibility index (Phi) is 3.30. The van der Waals surface area contributed by atoms with Gasteiger partial charge in [0.15, 0.2) is 0 Å². The number of anilines is 2. The lowest BCUT2D eigenvalue weighted by molar-refractivity contribution is 0.195. The molecule has 1 fully saturated rings. The number of benzene rings is 1. The molecule has 8 heteroatoms. The molecule has 2 aromatic heterocycles. The van der Waals surface area contributed by atoms with E-state index in [9.17, 15) is 0 Å². The number of nitrogens with zero attached hydrogens (tertiary/aromatic N) is 5. The molecule has 3 heterocycles. The first-order valence-electron chi connectivity index (χ1n) is 7.51. The molecular formula is C15H17N7O. The predicted octanol–water partition coefficient (Wildman–Crippen LogP) is 1.30. The molecule has 3 N–H and O–H groups in total. The van der Waals surface area contributed by atoms with E-state index in [1.807, 2.05) is 28.8 Å². The highest BCUT2D eigenvalue weighted by Gasteiger charge is 2.21. The summed E-state index contributed by atoms with van der Waals surface area (Å²) in [5.74, 6) is 1.91. The number of nitrogens with two attached hydrogens (primary N) is 1. The number of imidazole rings is 1. The largest absolute Gasteiger partial charge is 0.379 e. The molecule has 4 rings (SSSR count). The third kappa shape index (κ3) is 2.57. The molecular weight excluding hydrogens is 294 g/mol. The lowest BCUT2D eigenvalue weighted by Crippen LogP contribution is -2.22. The number of aryl methyl sites for hydroxylation is 1. The molecule has 0 aliphatic carbocycles. The molecule has 0 bridgehead atoms. The fourth-order valence-corrected chi connectivity index (χ4v) is 2.74. The number of nitrogens with one attached hydrogen (secondary N) is 1. The van der Waals surface area contributed by atoms with E-state index >= 15 is 0 Å². The summed E-state index contributed by atoms with van der Waals surface area (Å²) in [6.07, 6.45) is 0.946. The van der Waals surface area contributed by atoms with E-state index in [1.165, 1.54) is 0 Å². The van der Waals surface area contributed by atoms with Crippen molar-refractivity contribution in [2.24, 2.45) is 0 Å². The second kappa shape index (κ2) is 5.47. The Morgan fingerprint density at radius 3 is 2.87 bits per heavy atom. The first-order valence-corrected chi connectivity index (χ1v) is 7.51. The SMILES string of the molecule is Cc1nc(N)nc(-n2c(N[C@@H]3CCOC3)nc3ccccc32)n1. The lowest BCUT2D eigenvalue weighted by atomic mass is 10.3. The van der Waals surface area contributed by atoms with Gasteiger partial charge in [-0.25, -0.2) is 9.55 Å². The zero-order chi connectivity index (χ0) is 15.8. The van der Waals surface area contributed by atoms with Gasteiger partial charge >= 0.3 is 0 Å². The molecule has 3 aromatic rings. The number of para-hydroxylation sites is 2. The Hall–Kier alpha value is -2.74. The molecule has 0 saturated carbocycles. The van der Waals surface area contributed by atoms with Gasteiger partial charge in [-0.15, -0.1) is 0 Å². The van der Waals surface area contributed by atoms with Gasteiger partial charge in [0, 0.05) is 6.61 Å². The Balaban J connectivity index is 1.87. The maximum atomic E-state index is 5.79. The van der Waals surface area contributed by atoms with Gasteiger partial charge in [-0.1, -0.05) is 12.1 Å². The van der Waals surface area contributed by atoms with E-state index < -0.39 is 0 Å². The van der Waals surface area contributed by atoms with E-state index in [1.54, 1.807) is 6.92 Å². The number of fused-ring (bicyclic) bond motifs is 1. The third-order valence-electron chi connectivity index (χ3n) is 3.78. The topological polar surface area (TPSA) is 104 Å². The van der Waals surface area contributed by atoms with Gasteiger partial charge in [-0.3, -0.25) is 0 Å². The molecule has 1 atom stereocenters. The standard InChI is InChI=1S/C15H17N7O/c1-9-17-13(16)21-14(18-9)22-12-5-3-2-4-11(12)20-15(22)19-10-6-7-23-8-10/h2-5,10H,6-8H2,1H3,(H,19,20)(H2,16,17,18,21)/t10-/m1/s1. The molecule has 1 aliphatic heterocycles. The van der Waals surface area contributed by atoms with Gasteiger partial charge in [0.05, 0.1) is 23.7 Å². The van der Waals surface area contributed by atoms with Crippen LogP contribution in [-0.4, -0.2) is 43.8 Å². The van der Waals surface area contributed by atoms with Crippen LogP contribution in [-0.2, 0) is 4.74 Å². The maximum Gasteiger partial charge on any atom is 0.242 e. The molecule has 0 unspecified atom stereocenters. The van der Waals surface area contributed by atoms with E-state index in [2.05, 4.69) is 25.3 Å². The number of ether oxygens (including phenoxy) is 1. The van der Waals surface area contributed by atoms with Crippen LogP contribution in [0.15, 0.2) is 24.3 Å². The van der Waals surface area contributed by atoms with Crippen LogP contribution < -0.4 is 11.1 Å². The fourth-order valence-electron chi connectivity index (χ4n) is 2.74. The molecule has 0 radical (unpaired) electrons. The summed E-state index contributed by atoms with van der Waals surface area (Å²) in [6.45, 7) is 3.22. The highest BCUT2D eigenvalue weighted by Crippen LogP contribution is 2.24. The molecule has 1 saturated heterocycles. The van der Waals surface area contributed by atoms with Crippen LogP contribution in [0.4, 0.5) is 11.9 Å². The van der Waals surface area contributed by atoms with E-state index in [-0.39, 0.29) is 12.0 Å². The molecule has 1 aliphatic rings. The number of rotatable bonds is 3. The monoisotopic (exact) mass is 311 g/mol. The Bertz CT molecular complexity index is 834. The quantitative estimate of drug-likeness (QED) is 0.751. The highest BCUT2D eigenvalue weighted by atomic mass is 16.5. The molecule has 8 nitrogen and oxygen atoms in total. The average molecular weight is 311 g/mol. The van der Waals surface area contributed by atoms with Crippen molar-refractivity contribution in [3.05, 3.63) is 30.1 Å². The van der Waals surface area contributed by atoms with Gasteiger partial charge in [-0.05, 0) is 25.5 Å². The molecule has 23 heavy (non-hydrogen) atoms. The predicted molar refractivity (Wildman–Crippen MR) is 86.5 cm³/mol. The minimum Gasteiger partial charge on any atom is -0.379 e. The minimum atomic E-state index is 0.195. The van der Waals surface area contributed by atoms with Gasteiger partial charge in [-0.2, -0.15) is 15.0 Å². The summed E-state index contributed by atoms with van der Waals surface area (Å²) in [5.41, 5.74) is 7.57. The smallest absolute Gasteiger partial charge is 0.242 e. The summed E-state index contributed by atoms with van der Waals surface area (Å²) in [5, 5.41) is 3.42. The van der Waals surface area contributed by atoms with Crippen LogP contribution >= 0.6 is 0 Å². The number of nitrogen functional groups attached to an aromatic ring is 1. The second-order valence-corrected chi connectivity index (χ2v) is 5.51. The molecule has 1 aromatic carbocycles. The average Bonchev–Trinajstić information content (AvgIpc) is 3.13. The Labute approximate surface area is 132 Å². The third-order valence-corrected chi connectivity index (χ3v) is 3.78. The van der Waals surface area contributed by atoms with Gasteiger partial charge in [0.2, 0.25) is 17.8 Å². The van der Waals surface area contributed by atoms with Crippen LogP contribution in [0, 0.1) is 6.92 Å². The zero-order valence-corrected chi connectivity index (χ0v) is 12.7. The van der Waals surface area contributed by atoms with E-state index in [0.29, 0.717) is 24.3 Å². The van der Waals surface area contributed by atoms with Gasteiger partial charge in [0.25, 0.3) is 0 Å². The fraction of sp³-hybridized carbons (Fsp3) is 0.333. The summed E-state index contributed by atoms with van der Waals surface area (Å²) >= 11 is 0. The van der Waals surface area contributed by atoms with Crippen molar-refractivity contribution in [3.8, 4) is 5.95 Å². The Morgan fingerprint density at radius 1 is 1.22 bits per heavy atom. The molecule has 118 valence electrons. The first kappa shape index (κ1) is 13.9. The summed E-state index contributed by atoms with van der Waals surface area (Å²) < 4.78 is 7.30. The van der Waals surface area contributed by atoms with Crippen LogP contribution in [0.1, 0.15) is 12.2 Å². The van der Waals surface area contributed by atoms with Crippen molar-refractivity contribution in [2.75, 3.05) is 24.3 Å². The van der Waals surface area contributed by atoms with Crippen LogP contribution in [0.25, 0.3) is 17.0 Å². The molecule has 0 amide bonds. The number of aromatic nitrogens is 5. The van der Waals surface area contributed by atoms with Crippen molar-refractivity contribution in [3.63, 3.8) is 0 Å². The van der Waals surface area contributed by atoms with Crippen molar-refractivity contribution in [1.29, 1.82) is 0 Å².